The van der Waals surface area contributed by atoms with Crippen molar-refractivity contribution in [1.29, 1.82) is 0 Å². The first-order valence-electron chi connectivity index (χ1n) is 6.83. The number of aryl methyl sites for hydroxylation is 2. The van der Waals surface area contributed by atoms with E-state index in [1.807, 2.05) is 32.0 Å². The third-order valence-corrected chi connectivity index (χ3v) is 3.26. The molecule has 0 aromatic heterocycles. The average molecular weight is 332 g/mol. The van der Waals surface area contributed by atoms with Gasteiger partial charge in [0.05, 0.1) is 10.7 Å². The van der Waals surface area contributed by atoms with E-state index in [0.717, 1.165) is 16.9 Å². The van der Waals surface area contributed by atoms with E-state index in [2.05, 4.69) is 9.98 Å². The Balaban J connectivity index is 2.26. The fourth-order valence-corrected chi connectivity index (χ4v) is 2.08. The van der Waals surface area contributed by atoms with Crippen molar-refractivity contribution in [2.24, 2.45) is 27.2 Å². The topological polar surface area (TPSA) is 112 Å². The van der Waals surface area contributed by atoms with Gasteiger partial charge in [-0.2, -0.15) is 4.99 Å². The van der Waals surface area contributed by atoms with Gasteiger partial charge in [-0.15, -0.1) is 0 Å². The molecular formula is C16H18ClN5O. The van der Waals surface area contributed by atoms with Gasteiger partial charge in [0.1, 0.15) is 11.5 Å². The van der Waals surface area contributed by atoms with Crippen LogP contribution in [0.15, 0.2) is 46.4 Å². The summed E-state index contributed by atoms with van der Waals surface area (Å²) < 4.78 is 5.87. The molecule has 2 aromatic rings. The van der Waals surface area contributed by atoms with Crippen LogP contribution in [0.25, 0.3) is 0 Å². The van der Waals surface area contributed by atoms with Crippen LogP contribution in [0, 0.1) is 13.8 Å². The van der Waals surface area contributed by atoms with Crippen molar-refractivity contribution in [3.05, 3.63) is 52.5 Å². The fraction of sp³-hybridized carbons (Fsp3) is 0.125. The van der Waals surface area contributed by atoms with Gasteiger partial charge in [0.2, 0.25) is 5.96 Å². The molecule has 0 bridgehead atoms. The van der Waals surface area contributed by atoms with Crippen molar-refractivity contribution in [3.63, 3.8) is 0 Å². The number of benzene rings is 2. The molecule has 6 nitrogen and oxygen atoms in total. The maximum Gasteiger partial charge on any atom is 0.223 e. The molecule has 0 unspecified atom stereocenters. The number of hydrogen-bond acceptors (Lipinski definition) is 2. The van der Waals surface area contributed by atoms with E-state index in [1.54, 1.807) is 18.2 Å². The lowest BCUT2D eigenvalue weighted by atomic mass is 10.1. The summed E-state index contributed by atoms with van der Waals surface area (Å²) in [5.74, 6) is 1.07. The summed E-state index contributed by atoms with van der Waals surface area (Å²) in [5, 5.41) is 0.407. The highest BCUT2D eigenvalue weighted by Gasteiger charge is 2.07. The summed E-state index contributed by atoms with van der Waals surface area (Å²) >= 11 is 6.24. The lowest BCUT2D eigenvalue weighted by Crippen LogP contribution is -2.26. The molecule has 0 aliphatic rings. The van der Waals surface area contributed by atoms with Crippen LogP contribution in [0.5, 0.6) is 11.5 Å². The van der Waals surface area contributed by atoms with Crippen molar-refractivity contribution in [2.45, 2.75) is 13.8 Å². The maximum absolute atomic E-state index is 6.24. The highest BCUT2D eigenvalue weighted by atomic mass is 35.5. The Hall–Kier alpha value is -2.73. The minimum absolute atomic E-state index is 0.0516. The molecule has 0 amide bonds. The van der Waals surface area contributed by atoms with Crippen molar-refractivity contribution in [2.75, 3.05) is 0 Å². The number of nitrogens with zero attached hydrogens (tertiary/aromatic N) is 2. The van der Waals surface area contributed by atoms with Gasteiger partial charge in [-0.25, -0.2) is 4.99 Å². The number of ether oxygens (including phenoxy) is 1. The predicted octanol–water partition coefficient (Wildman–Crippen LogP) is 2.97. The lowest BCUT2D eigenvalue weighted by Gasteiger charge is -2.11. The zero-order valence-corrected chi connectivity index (χ0v) is 13.6. The minimum atomic E-state index is -0.160. The second-order valence-corrected chi connectivity index (χ2v) is 5.40. The van der Waals surface area contributed by atoms with Crippen LogP contribution in [0.1, 0.15) is 11.1 Å². The van der Waals surface area contributed by atoms with E-state index >= 15 is 0 Å². The molecule has 2 rings (SSSR count). The van der Waals surface area contributed by atoms with E-state index < -0.39 is 0 Å². The first kappa shape index (κ1) is 16.6. The third-order valence-electron chi connectivity index (χ3n) is 2.97. The van der Waals surface area contributed by atoms with Gasteiger partial charge in [-0.1, -0.05) is 23.7 Å². The molecule has 0 aliphatic carbocycles. The largest absolute Gasteiger partial charge is 0.456 e. The Bertz CT molecular complexity index is 782. The van der Waals surface area contributed by atoms with E-state index in [-0.39, 0.29) is 11.9 Å². The molecule has 7 heteroatoms. The molecule has 0 radical (unpaired) electrons. The number of rotatable bonds is 3. The smallest absolute Gasteiger partial charge is 0.223 e. The van der Waals surface area contributed by atoms with Gasteiger partial charge >= 0.3 is 0 Å². The van der Waals surface area contributed by atoms with Gasteiger partial charge in [0.25, 0.3) is 0 Å². The number of halogens is 1. The Morgan fingerprint density at radius 2 is 1.74 bits per heavy atom. The Kier molecular flexibility index (Phi) is 5.08. The van der Waals surface area contributed by atoms with Crippen molar-refractivity contribution in [3.8, 4) is 11.5 Å². The molecule has 6 N–H and O–H groups in total. The van der Waals surface area contributed by atoms with E-state index in [0.29, 0.717) is 16.5 Å². The molecule has 2 aromatic carbocycles. The highest BCUT2D eigenvalue weighted by molar-refractivity contribution is 6.32. The van der Waals surface area contributed by atoms with Crippen molar-refractivity contribution in [1.82, 2.24) is 0 Å². The minimum Gasteiger partial charge on any atom is -0.456 e. The van der Waals surface area contributed by atoms with Gasteiger partial charge in [0.15, 0.2) is 5.96 Å². The summed E-state index contributed by atoms with van der Waals surface area (Å²) in [7, 11) is 0. The summed E-state index contributed by atoms with van der Waals surface area (Å²) in [5.41, 5.74) is 18.7. The van der Waals surface area contributed by atoms with Crippen LogP contribution in [0.2, 0.25) is 5.02 Å². The van der Waals surface area contributed by atoms with Gasteiger partial charge < -0.3 is 21.9 Å². The van der Waals surface area contributed by atoms with Gasteiger partial charge in [0, 0.05) is 0 Å². The van der Waals surface area contributed by atoms with Gasteiger partial charge in [-0.05, 0) is 49.2 Å². The van der Waals surface area contributed by atoms with Crippen LogP contribution < -0.4 is 21.9 Å². The molecule has 0 heterocycles. The number of guanidine groups is 2. The zero-order valence-electron chi connectivity index (χ0n) is 12.9. The first-order chi connectivity index (χ1) is 10.8. The van der Waals surface area contributed by atoms with Crippen molar-refractivity contribution < 1.29 is 4.74 Å². The van der Waals surface area contributed by atoms with E-state index in [4.69, 9.17) is 33.5 Å². The number of aliphatic imine (C=N–C) groups is 2. The molecule has 0 saturated carbocycles. The van der Waals surface area contributed by atoms with Gasteiger partial charge in [-0.3, -0.25) is 0 Å². The standard InChI is InChI=1S/C16H18ClN5O/c1-9-3-4-10(2)14(7-9)23-13-6-5-11(8-12(13)17)21-16(20)22-15(18)19/h3-8H,1-2H3,(H6,18,19,20,21,22). The quantitative estimate of drug-likeness (QED) is 0.592. The molecular weight excluding hydrogens is 314 g/mol. The fourth-order valence-electron chi connectivity index (χ4n) is 1.87. The molecule has 0 atom stereocenters. The summed E-state index contributed by atoms with van der Waals surface area (Å²) in [6.45, 7) is 3.97. The molecule has 120 valence electrons. The second kappa shape index (κ2) is 7.02. The summed E-state index contributed by atoms with van der Waals surface area (Å²) in [6, 6.07) is 11.0. The normalized spacial score (nSPS) is 11.2. The summed E-state index contributed by atoms with van der Waals surface area (Å²) in [6.07, 6.45) is 0. The van der Waals surface area contributed by atoms with Crippen LogP contribution in [0.4, 0.5) is 5.69 Å². The number of nitrogens with two attached hydrogens (primary N) is 3. The Morgan fingerprint density at radius 1 is 1.00 bits per heavy atom. The SMILES string of the molecule is Cc1ccc(C)c(Oc2ccc(N=C(N)N=C(N)N)cc2Cl)c1. The Morgan fingerprint density at radius 3 is 2.39 bits per heavy atom. The van der Waals surface area contributed by atoms with E-state index in [1.165, 1.54) is 0 Å². The maximum atomic E-state index is 6.24. The highest BCUT2D eigenvalue weighted by Crippen LogP contribution is 2.34. The predicted molar refractivity (Wildman–Crippen MR) is 94.5 cm³/mol. The first-order valence-corrected chi connectivity index (χ1v) is 7.21. The Labute approximate surface area is 139 Å². The molecule has 23 heavy (non-hydrogen) atoms. The molecule has 0 spiro atoms. The molecule has 0 saturated heterocycles. The van der Waals surface area contributed by atoms with Crippen LogP contribution in [0.3, 0.4) is 0 Å². The number of hydrogen-bond donors (Lipinski definition) is 3. The molecule has 0 aliphatic heterocycles. The summed E-state index contributed by atoms with van der Waals surface area (Å²) in [4.78, 5) is 7.69. The zero-order chi connectivity index (χ0) is 17.0. The van der Waals surface area contributed by atoms with Crippen LogP contribution >= 0.6 is 11.6 Å². The second-order valence-electron chi connectivity index (χ2n) is 4.99. The lowest BCUT2D eigenvalue weighted by molar-refractivity contribution is 0.479. The average Bonchev–Trinajstić information content (AvgIpc) is 2.44. The molecule has 0 fully saturated rings. The monoisotopic (exact) mass is 331 g/mol. The van der Waals surface area contributed by atoms with E-state index in [9.17, 15) is 0 Å². The van der Waals surface area contributed by atoms with Crippen LogP contribution in [-0.2, 0) is 0 Å². The van der Waals surface area contributed by atoms with Crippen LogP contribution in [-0.4, -0.2) is 11.9 Å². The third kappa shape index (κ3) is 4.62. The van der Waals surface area contributed by atoms with Crippen molar-refractivity contribution >= 4 is 29.2 Å².